The molecule has 0 atom stereocenters. The second kappa shape index (κ2) is 5.61. The number of nitrogens with one attached hydrogen (secondary N) is 2. The van der Waals surface area contributed by atoms with Crippen molar-refractivity contribution in [2.24, 2.45) is 0 Å². The molecule has 2 amide bonds. The van der Waals surface area contributed by atoms with E-state index in [1.807, 2.05) is 0 Å². The van der Waals surface area contributed by atoms with Crippen molar-refractivity contribution in [2.75, 3.05) is 11.6 Å². The summed E-state index contributed by atoms with van der Waals surface area (Å²) in [5, 5.41) is 5.61. The van der Waals surface area contributed by atoms with E-state index < -0.39 is 9.84 Å². The summed E-state index contributed by atoms with van der Waals surface area (Å²) in [4.78, 5) is 12.0. The number of benzene rings is 1. The molecule has 6 heteroatoms. The van der Waals surface area contributed by atoms with Crippen LogP contribution in [-0.4, -0.2) is 26.7 Å². The molecule has 2 N–H and O–H groups in total. The first-order chi connectivity index (χ1) is 8.95. The third-order valence-corrected chi connectivity index (χ3v) is 4.36. The average Bonchev–Trinajstić information content (AvgIpc) is 2.81. The minimum absolute atomic E-state index is 0.237. The van der Waals surface area contributed by atoms with Gasteiger partial charge in [0.05, 0.1) is 4.90 Å². The molecule has 0 aromatic heterocycles. The van der Waals surface area contributed by atoms with E-state index in [2.05, 4.69) is 10.6 Å². The fourth-order valence-corrected chi connectivity index (χ4v) is 2.84. The van der Waals surface area contributed by atoms with Gasteiger partial charge in [0.1, 0.15) is 0 Å². The van der Waals surface area contributed by atoms with Crippen molar-refractivity contribution in [3.8, 4) is 0 Å². The number of carbonyl (C=O) groups is 1. The smallest absolute Gasteiger partial charge is 0.319 e. The molecule has 0 aliphatic heterocycles. The van der Waals surface area contributed by atoms with Gasteiger partial charge in [-0.1, -0.05) is 12.8 Å². The number of hydrogen-bond donors (Lipinski definition) is 2. The molecule has 1 fully saturated rings. The Bertz CT molecular complexity index is 546. The number of anilines is 1. The zero-order chi connectivity index (χ0) is 13.9. The molecule has 5 nitrogen and oxygen atoms in total. The summed E-state index contributed by atoms with van der Waals surface area (Å²) in [6, 6.07) is 6.17. The van der Waals surface area contributed by atoms with E-state index in [9.17, 15) is 13.2 Å². The summed E-state index contributed by atoms with van der Waals surface area (Å²) >= 11 is 0. The van der Waals surface area contributed by atoms with Gasteiger partial charge in [-0.25, -0.2) is 13.2 Å². The van der Waals surface area contributed by atoms with Gasteiger partial charge < -0.3 is 10.6 Å². The number of rotatable bonds is 3. The lowest BCUT2D eigenvalue weighted by Gasteiger charge is -2.13. The Balaban J connectivity index is 1.93. The van der Waals surface area contributed by atoms with Crippen LogP contribution >= 0.6 is 0 Å². The SMILES string of the molecule is CS(=O)(=O)c1ccc(NC(=O)NC2CCCC2)cc1. The molecular weight excluding hydrogens is 264 g/mol. The van der Waals surface area contributed by atoms with E-state index in [4.69, 9.17) is 0 Å². The number of sulfone groups is 1. The van der Waals surface area contributed by atoms with Crippen LogP contribution in [0.15, 0.2) is 29.2 Å². The van der Waals surface area contributed by atoms with Crippen LogP contribution in [0.5, 0.6) is 0 Å². The van der Waals surface area contributed by atoms with Crippen molar-refractivity contribution >= 4 is 21.6 Å². The molecule has 0 spiro atoms. The molecular formula is C13H18N2O3S. The summed E-state index contributed by atoms with van der Waals surface area (Å²) in [5.41, 5.74) is 0.586. The van der Waals surface area contributed by atoms with Crippen LogP contribution in [0, 0.1) is 0 Å². The second-order valence-corrected chi connectivity index (χ2v) is 6.89. The maximum atomic E-state index is 11.7. The van der Waals surface area contributed by atoms with Crippen molar-refractivity contribution in [1.29, 1.82) is 0 Å². The summed E-state index contributed by atoms with van der Waals surface area (Å²) in [6.45, 7) is 0. The van der Waals surface area contributed by atoms with E-state index >= 15 is 0 Å². The Morgan fingerprint density at radius 1 is 1.16 bits per heavy atom. The van der Waals surface area contributed by atoms with Gasteiger partial charge in [-0.05, 0) is 37.1 Å². The molecule has 1 aromatic rings. The van der Waals surface area contributed by atoms with Crippen LogP contribution in [0.3, 0.4) is 0 Å². The lowest BCUT2D eigenvalue weighted by atomic mass is 10.2. The fourth-order valence-electron chi connectivity index (χ4n) is 2.21. The van der Waals surface area contributed by atoms with Gasteiger partial charge in [-0.3, -0.25) is 0 Å². The Morgan fingerprint density at radius 3 is 2.26 bits per heavy atom. The van der Waals surface area contributed by atoms with Gasteiger partial charge in [-0.15, -0.1) is 0 Å². The first kappa shape index (κ1) is 13.9. The Kier molecular flexibility index (Phi) is 4.09. The minimum Gasteiger partial charge on any atom is -0.335 e. The maximum Gasteiger partial charge on any atom is 0.319 e. The van der Waals surface area contributed by atoms with E-state index in [1.54, 1.807) is 12.1 Å². The molecule has 1 saturated carbocycles. The second-order valence-electron chi connectivity index (χ2n) is 4.88. The van der Waals surface area contributed by atoms with Crippen LogP contribution < -0.4 is 10.6 Å². The molecule has 0 heterocycles. The predicted octanol–water partition coefficient (Wildman–Crippen LogP) is 2.15. The first-order valence-corrected chi connectivity index (χ1v) is 8.22. The number of carbonyl (C=O) groups excluding carboxylic acids is 1. The largest absolute Gasteiger partial charge is 0.335 e. The Morgan fingerprint density at radius 2 is 1.74 bits per heavy atom. The lowest BCUT2D eigenvalue weighted by Crippen LogP contribution is -2.36. The summed E-state index contributed by atoms with van der Waals surface area (Å²) in [6.07, 6.45) is 5.53. The Labute approximate surface area is 113 Å². The third-order valence-electron chi connectivity index (χ3n) is 3.23. The van der Waals surface area contributed by atoms with E-state index in [-0.39, 0.29) is 17.0 Å². The Hall–Kier alpha value is -1.56. The van der Waals surface area contributed by atoms with Crippen LogP contribution in [0.25, 0.3) is 0 Å². The summed E-state index contributed by atoms with van der Waals surface area (Å²) < 4.78 is 22.6. The zero-order valence-electron chi connectivity index (χ0n) is 10.8. The molecule has 0 saturated heterocycles. The van der Waals surface area contributed by atoms with Crippen molar-refractivity contribution < 1.29 is 13.2 Å². The fraction of sp³-hybridized carbons (Fsp3) is 0.462. The van der Waals surface area contributed by atoms with E-state index in [1.165, 1.54) is 12.1 Å². The van der Waals surface area contributed by atoms with Gasteiger partial charge in [0.15, 0.2) is 9.84 Å². The molecule has 2 rings (SSSR count). The van der Waals surface area contributed by atoms with Crippen LogP contribution in [0.2, 0.25) is 0 Å². The lowest BCUT2D eigenvalue weighted by molar-refractivity contribution is 0.248. The number of amides is 2. The summed E-state index contributed by atoms with van der Waals surface area (Å²) in [5.74, 6) is 0. The first-order valence-electron chi connectivity index (χ1n) is 6.33. The van der Waals surface area contributed by atoms with Crippen molar-refractivity contribution in [3.05, 3.63) is 24.3 Å². The van der Waals surface area contributed by atoms with Gasteiger partial charge in [0.25, 0.3) is 0 Å². The highest BCUT2D eigenvalue weighted by Gasteiger charge is 2.17. The van der Waals surface area contributed by atoms with Crippen LogP contribution in [0.1, 0.15) is 25.7 Å². The third kappa shape index (κ3) is 3.96. The monoisotopic (exact) mass is 282 g/mol. The number of urea groups is 1. The highest BCUT2D eigenvalue weighted by atomic mass is 32.2. The number of hydrogen-bond acceptors (Lipinski definition) is 3. The van der Waals surface area contributed by atoms with E-state index in [0.29, 0.717) is 5.69 Å². The zero-order valence-corrected chi connectivity index (χ0v) is 11.7. The average molecular weight is 282 g/mol. The molecule has 0 bridgehead atoms. The standard InChI is InChI=1S/C13H18N2O3S/c1-19(17,18)12-8-6-11(7-9-12)15-13(16)14-10-4-2-3-5-10/h6-10H,2-5H2,1H3,(H2,14,15,16). The van der Waals surface area contributed by atoms with Gasteiger partial charge in [-0.2, -0.15) is 0 Å². The highest BCUT2D eigenvalue weighted by molar-refractivity contribution is 7.90. The molecule has 19 heavy (non-hydrogen) atoms. The van der Waals surface area contributed by atoms with E-state index in [0.717, 1.165) is 31.9 Å². The van der Waals surface area contributed by atoms with Crippen LogP contribution in [0.4, 0.5) is 10.5 Å². The van der Waals surface area contributed by atoms with Crippen molar-refractivity contribution in [2.45, 2.75) is 36.6 Å². The predicted molar refractivity (Wildman–Crippen MR) is 74.0 cm³/mol. The highest BCUT2D eigenvalue weighted by Crippen LogP contribution is 2.18. The molecule has 104 valence electrons. The molecule has 1 aliphatic rings. The topological polar surface area (TPSA) is 75.3 Å². The molecule has 0 radical (unpaired) electrons. The molecule has 0 unspecified atom stereocenters. The van der Waals surface area contributed by atoms with Gasteiger partial charge >= 0.3 is 6.03 Å². The van der Waals surface area contributed by atoms with Gasteiger partial charge in [0.2, 0.25) is 0 Å². The molecule has 1 aromatic carbocycles. The summed E-state index contributed by atoms with van der Waals surface area (Å²) in [7, 11) is -3.20. The quantitative estimate of drug-likeness (QED) is 0.892. The maximum absolute atomic E-state index is 11.7. The minimum atomic E-state index is -3.20. The van der Waals surface area contributed by atoms with Crippen molar-refractivity contribution in [1.82, 2.24) is 5.32 Å². The normalized spacial score (nSPS) is 16.3. The molecule has 1 aliphatic carbocycles. The van der Waals surface area contributed by atoms with Gasteiger partial charge in [0, 0.05) is 18.0 Å². The van der Waals surface area contributed by atoms with Crippen LogP contribution in [-0.2, 0) is 9.84 Å². The van der Waals surface area contributed by atoms with Crippen molar-refractivity contribution in [3.63, 3.8) is 0 Å².